The molecule has 6 aromatic carbocycles. The quantitative estimate of drug-likeness (QED) is 0.128. The SMILES string of the molecule is CC1C=C(c2cc(C3(C)C=CC=CC3)nc(-c3ccc4c5ccccc5c5ccccc5c4c3)n2)C=CC1C1=N[C@]2(C)C=CCC(C)C2c2c1c1ccccc1n2-c1ccccc1. The molecule has 0 fully saturated rings. The number of fused-ring (bicyclic) bond motifs is 11. The molecule has 63 heavy (non-hydrogen) atoms. The van der Waals surface area contributed by atoms with Gasteiger partial charge in [-0.05, 0) is 99.8 Å². The molecule has 0 spiro atoms. The van der Waals surface area contributed by atoms with Crippen LogP contribution in [0.1, 0.15) is 69.1 Å². The Balaban J connectivity index is 0.998. The van der Waals surface area contributed by atoms with E-state index in [1.807, 2.05) is 0 Å². The molecule has 4 heteroatoms. The van der Waals surface area contributed by atoms with Crippen LogP contribution in [0, 0.1) is 17.8 Å². The van der Waals surface area contributed by atoms with Gasteiger partial charge in [0.1, 0.15) is 0 Å². The number of hydrogen-bond donors (Lipinski definition) is 0. The Morgan fingerprint density at radius 3 is 2.05 bits per heavy atom. The Labute approximate surface area is 369 Å². The van der Waals surface area contributed by atoms with Crippen LogP contribution in [0.2, 0.25) is 0 Å². The summed E-state index contributed by atoms with van der Waals surface area (Å²) in [6.07, 6.45) is 22.7. The second-order valence-corrected chi connectivity index (χ2v) is 18.9. The zero-order chi connectivity index (χ0) is 42.5. The lowest BCUT2D eigenvalue weighted by Crippen LogP contribution is -2.43. The van der Waals surface area contributed by atoms with Gasteiger partial charge in [-0.3, -0.25) is 4.99 Å². The molecule has 0 amide bonds. The van der Waals surface area contributed by atoms with Crippen LogP contribution in [-0.2, 0) is 5.41 Å². The van der Waals surface area contributed by atoms with Crippen LogP contribution in [0.15, 0.2) is 187 Å². The third-order valence-electron chi connectivity index (χ3n) is 14.7. The lowest BCUT2D eigenvalue weighted by molar-refractivity contribution is 0.315. The monoisotopic (exact) mass is 814 g/mol. The van der Waals surface area contributed by atoms with Gasteiger partial charge in [-0.1, -0.05) is 173 Å². The van der Waals surface area contributed by atoms with E-state index in [4.69, 9.17) is 15.0 Å². The number of benzene rings is 6. The summed E-state index contributed by atoms with van der Waals surface area (Å²) < 4.78 is 2.55. The van der Waals surface area contributed by atoms with E-state index in [2.05, 4.69) is 214 Å². The van der Waals surface area contributed by atoms with E-state index in [0.717, 1.165) is 41.2 Å². The number of allylic oxidation sites excluding steroid dienone is 9. The first-order valence-electron chi connectivity index (χ1n) is 22.7. The normalized spacial score (nSPS) is 25.1. The van der Waals surface area contributed by atoms with Gasteiger partial charge in [-0.15, -0.1) is 0 Å². The second-order valence-electron chi connectivity index (χ2n) is 18.9. The van der Waals surface area contributed by atoms with Crippen molar-refractivity contribution in [3.05, 3.63) is 205 Å². The fourth-order valence-corrected chi connectivity index (χ4v) is 11.5. The molecular formula is C59H50N4. The van der Waals surface area contributed by atoms with Crippen molar-refractivity contribution < 1.29 is 0 Å². The number of rotatable bonds is 5. The Kier molecular flexibility index (Phi) is 8.60. The van der Waals surface area contributed by atoms with E-state index < -0.39 is 0 Å². The van der Waals surface area contributed by atoms with E-state index >= 15 is 0 Å². The van der Waals surface area contributed by atoms with Crippen LogP contribution in [0.3, 0.4) is 0 Å². The first kappa shape index (κ1) is 37.8. The molecule has 306 valence electrons. The predicted molar refractivity (Wildman–Crippen MR) is 264 cm³/mol. The smallest absolute Gasteiger partial charge is 0.160 e. The maximum Gasteiger partial charge on any atom is 0.160 e. The zero-order valence-corrected chi connectivity index (χ0v) is 36.3. The minimum absolute atomic E-state index is 0.0826. The molecule has 4 aliphatic rings. The van der Waals surface area contributed by atoms with Crippen molar-refractivity contribution in [2.24, 2.45) is 22.7 Å². The minimum Gasteiger partial charge on any atom is -0.313 e. The predicted octanol–water partition coefficient (Wildman–Crippen LogP) is 14.5. The van der Waals surface area contributed by atoms with Crippen LogP contribution in [-0.4, -0.2) is 25.8 Å². The maximum absolute atomic E-state index is 5.86. The van der Waals surface area contributed by atoms with Crippen molar-refractivity contribution in [2.45, 2.75) is 57.4 Å². The summed E-state index contributed by atoms with van der Waals surface area (Å²) in [5.41, 5.74) is 9.84. The number of aliphatic imine (C=N–C) groups is 1. The Morgan fingerprint density at radius 2 is 1.33 bits per heavy atom. The molecule has 0 saturated heterocycles. The van der Waals surface area contributed by atoms with Gasteiger partial charge >= 0.3 is 0 Å². The highest BCUT2D eigenvalue weighted by atomic mass is 15.0. The van der Waals surface area contributed by atoms with Crippen molar-refractivity contribution in [3.63, 3.8) is 0 Å². The number of nitrogens with zero attached hydrogens (tertiary/aromatic N) is 4. The van der Waals surface area contributed by atoms with Crippen LogP contribution < -0.4 is 0 Å². The van der Waals surface area contributed by atoms with Gasteiger partial charge in [0.2, 0.25) is 0 Å². The number of hydrogen-bond acceptors (Lipinski definition) is 3. The highest BCUT2D eigenvalue weighted by Crippen LogP contribution is 2.52. The highest BCUT2D eigenvalue weighted by molar-refractivity contribution is 6.25. The van der Waals surface area contributed by atoms with Crippen LogP contribution in [0.25, 0.3) is 65.9 Å². The van der Waals surface area contributed by atoms with Gasteiger partial charge in [0.25, 0.3) is 0 Å². The summed E-state index contributed by atoms with van der Waals surface area (Å²) >= 11 is 0. The molecule has 3 heterocycles. The van der Waals surface area contributed by atoms with Gasteiger partial charge in [0.15, 0.2) is 5.82 Å². The van der Waals surface area contributed by atoms with E-state index in [0.29, 0.717) is 5.92 Å². The van der Waals surface area contributed by atoms with Crippen LogP contribution in [0.5, 0.6) is 0 Å². The maximum atomic E-state index is 5.86. The fourth-order valence-electron chi connectivity index (χ4n) is 11.5. The number of para-hydroxylation sites is 2. The van der Waals surface area contributed by atoms with E-state index in [-0.39, 0.29) is 28.7 Å². The van der Waals surface area contributed by atoms with E-state index in [9.17, 15) is 0 Å². The van der Waals surface area contributed by atoms with Gasteiger partial charge in [-0.25, -0.2) is 9.97 Å². The Morgan fingerprint density at radius 1 is 0.651 bits per heavy atom. The molecule has 6 atom stereocenters. The molecule has 2 aromatic heterocycles. The fraction of sp³-hybridized carbons (Fsp3) is 0.203. The largest absolute Gasteiger partial charge is 0.313 e. The molecule has 0 saturated carbocycles. The van der Waals surface area contributed by atoms with Gasteiger partial charge < -0.3 is 4.57 Å². The topological polar surface area (TPSA) is 43.1 Å². The minimum atomic E-state index is -0.357. The Hall–Kier alpha value is -6.91. The highest BCUT2D eigenvalue weighted by Gasteiger charge is 2.48. The second kappa shape index (κ2) is 14.3. The van der Waals surface area contributed by atoms with Gasteiger partial charge in [-0.2, -0.15) is 0 Å². The zero-order valence-electron chi connectivity index (χ0n) is 36.3. The van der Waals surface area contributed by atoms with E-state index in [1.165, 1.54) is 65.9 Å². The van der Waals surface area contributed by atoms with Crippen LogP contribution in [0.4, 0.5) is 0 Å². The third kappa shape index (κ3) is 5.91. The van der Waals surface area contributed by atoms with Crippen molar-refractivity contribution in [1.29, 1.82) is 0 Å². The summed E-state index contributed by atoms with van der Waals surface area (Å²) in [4.78, 5) is 16.7. The summed E-state index contributed by atoms with van der Waals surface area (Å²) in [5.74, 6) is 1.69. The lowest BCUT2D eigenvalue weighted by atomic mass is 9.66. The molecule has 12 rings (SSSR count). The first-order chi connectivity index (χ1) is 30.8. The van der Waals surface area contributed by atoms with Crippen LogP contribution >= 0.6 is 0 Å². The summed E-state index contributed by atoms with van der Waals surface area (Å²) in [6.45, 7) is 9.42. The molecule has 1 aliphatic heterocycles. The van der Waals surface area contributed by atoms with Crippen molar-refractivity contribution >= 4 is 54.5 Å². The van der Waals surface area contributed by atoms with E-state index in [1.54, 1.807) is 0 Å². The molecule has 0 radical (unpaired) electrons. The Bertz CT molecular complexity index is 3340. The molecule has 8 aromatic rings. The lowest BCUT2D eigenvalue weighted by Gasteiger charge is -2.44. The summed E-state index contributed by atoms with van der Waals surface area (Å²) in [6, 6.07) is 46.5. The van der Waals surface area contributed by atoms with Crippen molar-refractivity contribution in [1.82, 2.24) is 14.5 Å². The average Bonchev–Trinajstić information content (AvgIpc) is 3.66. The first-order valence-corrected chi connectivity index (χ1v) is 22.7. The molecular weight excluding hydrogens is 765 g/mol. The molecule has 4 nitrogen and oxygen atoms in total. The van der Waals surface area contributed by atoms with Crippen molar-refractivity contribution in [3.8, 4) is 17.1 Å². The standard InChI is InChI=1S/C59H50N4/c1-37-18-17-33-59(4)54(37)56-53(48-25-13-14-26-51(48)63(56)41-19-7-5-8-20-41)55(62-59)42-29-27-39(34-38(42)2)50-36-52(58(3)31-15-6-16-32-58)61-57(60-50)40-28-30-47-45-23-10-9-21-43(45)44-22-11-12-24-46(44)49(47)35-40/h5-17,19-31,33-38,42,54H,18,32H2,1-4H3/t37?,38?,42?,54?,58?,59-/m1/s1. The average molecular weight is 815 g/mol. The molecule has 5 unspecified atom stereocenters. The van der Waals surface area contributed by atoms with Gasteiger partial charge in [0, 0.05) is 45.1 Å². The molecule has 0 N–H and O–H groups in total. The summed E-state index contributed by atoms with van der Waals surface area (Å²) in [7, 11) is 0. The third-order valence-corrected chi connectivity index (χ3v) is 14.7. The molecule has 3 aliphatic carbocycles. The number of aromatic nitrogens is 3. The molecule has 0 bridgehead atoms. The van der Waals surface area contributed by atoms with Crippen molar-refractivity contribution in [2.75, 3.05) is 0 Å². The summed E-state index contributed by atoms with van der Waals surface area (Å²) in [5, 5.41) is 8.79. The van der Waals surface area contributed by atoms with Gasteiger partial charge in [0.05, 0.1) is 28.2 Å².